The van der Waals surface area contributed by atoms with Gasteiger partial charge in [0.15, 0.2) is 5.65 Å². The maximum absolute atomic E-state index is 13.2. The first kappa shape index (κ1) is 27.7. The third-order valence-electron chi connectivity index (χ3n) is 7.54. The number of ether oxygens (including phenoxy) is 2. The molecule has 3 aromatic heterocycles. The number of esters is 1. The van der Waals surface area contributed by atoms with Gasteiger partial charge in [0.25, 0.3) is 5.91 Å². The van der Waals surface area contributed by atoms with Crippen molar-refractivity contribution >= 4 is 40.5 Å². The third-order valence-corrected chi connectivity index (χ3v) is 7.54. The number of hydrogen-bond acceptors (Lipinski definition) is 9. The Kier molecular flexibility index (Phi) is 7.61. The van der Waals surface area contributed by atoms with Crippen LogP contribution in [-0.4, -0.2) is 58.3 Å². The quantitative estimate of drug-likeness (QED) is 0.228. The molecule has 11 heteroatoms. The van der Waals surface area contributed by atoms with E-state index >= 15 is 0 Å². The molecule has 0 aliphatic carbocycles. The Bertz CT molecular complexity index is 1820. The number of anilines is 4. The van der Waals surface area contributed by atoms with Crippen LogP contribution in [-0.2, 0) is 4.74 Å². The Morgan fingerprint density at radius 3 is 2.65 bits per heavy atom. The number of pyridine rings is 2. The first-order chi connectivity index (χ1) is 20.9. The van der Waals surface area contributed by atoms with E-state index in [0.29, 0.717) is 34.5 Å². The van der Waals surface area contributed by atoms with Crippen molar-refractivity contribution < 1.29 is 19.1 Å². The summed E-state index contributed by atoms with van der Waals surface area (Å²) in [5, 5.41) is 10.7. The molecule has 4 heterocycles. The predicted octanol–water partition coefficient (Wildman–Crippen LogP) is 5.57. The van der Waals surface area contributed by atoms with E-state index in [1.165, 1.54) is 20.5 Å². The fraction of sp³-hybridized carbons (Fsp3) is 0.219. The summed E-state index contributed by atoms with van der Waals surface area (Å²) in [6, 6.07) is 20.5. The number of benzene rings is 2. The highest BCUT2D eigenvalue weighted by Crippen LogP contribution is 2.30. The molecule has 218 valence electrons. The lowest BCUT2D eigenvalue weighted by Crippen LogP contribution is -2.27. The fourth-order valence-corrected chi connectivity index (χ4v) is 5.33. The summed E-state index contributed by atoms with van der Waals surface area (Å²) in [4.78, 5) is 36.8. The number of carbonyl (C=O) groups is 2. The molecule has 11 nitrogen and oxygen atoms in total. The number of fused-ring (bicyclic) bond motifs is 1. The monoisotopic (exact) mass is 577 g/mol. The van der Waals surface area contributed by atoms with Crippen molar-refractivity contribution in [2.75, 3.05) is 36.3 Å². The van der Waals surface area contributed by atoms with Crippen LogP contribution in [0.15, 0.2) is 79.3 Å². The molecule has 0 bridgehead atoms. The summed E-state index contributed by atoms with van der Waals surface area (Å²) in [5.74, 6) is 1.12. The summed E-state index contributed by atoms with van der Waals surface area (Å²) in [5.41, 5.74) is 4.25. The maximum atomic E-state index is 13.2. The zero-order chi connectivity index (χ0) is 29.9. The molecule has 0 spiro atoms. The Hall–Kier alpha value is -5.45. The summed E-state index contributed by atoms with van der Waals surface area (Å²) < 4.78 is 11.8. The van der Waals surface area contributed by atoms with E-state index in [-0.39, 0.29) is 11.5 Å². The summed E-state index contributed by atoms with van der Waals surface area (Å²) in [7, 11) is 2.75. The zero-order valence-electron chi connectivity index (χ0n) is 24.1. The van der Waals surface area contributed by atoms with Crippen molar-refractivity contribution in [3.8, 4) is 16.9 Å². The minimum atomic E-state index is -0.523. The van der Waals surface area contributed by atoms with Gasteiger partial charge in [0, 0.05) is 41.7 Å². The van der Waals surface area contributed by atoms with Gasteiger partial charge in [0.2, 0.25) is 0 Å². The van der Waals surface area contributed by atoms with Crippen LogP contribution < -0.4 is 20.3 Å². The minimum Gasteiger partial charge on any atom is -0.496 e. The molecule has 2 N–H and O–H groups in total. The Balaban J connectivity index is 1.27. The van der Waals surface area contributed by atoms with Gasteiger partial charge in [-0.05, 0) is 67.8 Å². The number of nitrogens with zero attached hydrogens (tertiary/aromatic N) is 5. The molecule has 0 saturated carbocycles. The van der Waals surface area contributed by atoms with Gasteiger partial charge < -0.3 is 25.0 Å². The van der Waals surface area contributed by atoms with Crippen molar-refractivity contribution in [3.63, 3.8) is 0 Å². The molecule has 1 atom stereocenters. The second-order valence-corrected chi connectivity index (χ2v) is 10.3. The minimum absolute atomic E-state index is 0.269. The van der Waals surface area contributed by atoms with E-state index in [1.54, 1.807) is 28.8 Å². The van der Waals surface area contributed by atoms with Crippen LogP contribution in [0.4, 0.5) is 23.0 Å². The molecule has 2 aromatic carbocycles. The molecule has 1 saturated heterocycles. The number of hydrogen-bond donors (Lipinski definition) is 2. The normalized spacial score (nSPS) is 14.5. The highest BCUT2D eigenvalue weighted by molar-refractivity contribution is 6.05. The molecule has 43 heavy (non-hydrogen) atoms. The van der Waals surface area contributed by atoms with Crippen LogP contribution in [0.1, 0.15) is 40.5 Å². The lowest BCUT2D eigenvalue weighted by Gasteiger charge is -2.23. The summed E-state index contributed by atoms with van der Waals surface area (Å²) >= 11 is 0. The van der Waals surface area contributed by atoms with Crippen molar-refractivity contribution in [3.05, 3.63) is 90.4 Å². The Labute approximate surface area is 248 Å². The van der Waals surface area contributed by atoms with Crippen molar-refractivity contribution in [1.82, 2.24) is 19.6 Å². The van der Waals surface area contributed by atoms with Crippen LogP contribution in [0.5, 0.6) is 5.75 Å². The van der Waals surface area contributed by atoms with E-state index in [4.69, 9.17) is 14.5 Å². The lowest BCUT2D eigenvalue weighted by molar-refractivity contribution is 0.0597. The van der Waals surface area contributed by atoms with Crippen LogP contribution in [0.25, 0.3) is 16.8 Å². The SMILES string of the molecule is COC(=O)c1ccc(NC(=O)c2cccc(-c3cc(Nc4cccc(N5CCCC5C)n4)c4ncnn4c3)c2)cc1OC. The van der Waals surface area contributed by atoms with Gasteiger partial charge in [-0.25, -0.2) is 19.3 Å². The van der Waals surface area contributed by atoms with E-state index in [1.807, 2.05) is 48.7 Å². The number of rotatable bonds is 8. The maximum Gasteiger partial charge on any atom is 0.341 e. The fourth-order valence-electron chi connectivity index (χ4n) is 5.33. The number of nitrogens with one attached hydrogen (secondary N) is 2. The number of methoxy groups -OCH3 is 2. The van der Waals surface area contributed by atoms with Crippen LogP contribution in [0, 0.1) is 0 Å². The second-order valence-electron chi connectivity index (χ2n) is 10.3. The van der Waals surface area contributed by atoms with Crippen LogP contribution in [0.2, 0.25) is 0 Å². The van der Waals surface area contributed by atoms with Gasteiger partial charge in [-0.15, -0.1) is 0 Å². The molecule has 6 rings (SSSR count). The van der Waals surface area contributed by atoms with Crippen LogP contribution >= 0.6 is 0 Å². The van der Waals surface area contributed by atoms with Crippen molar-refractivity contribution in [2.24, 2.45) is 0 Å². The molecule has 1 unspecified atom stereocenters. The highest BCUT2D eigenvalue weighted by atomic mass is 16.5. The third kappa shape index (κ3) is 5.69. The van der Waals surface area contributed by atoms with Gasteiger partial charge >= 0.3 is 5.97 Å². The van der Waals surface area contributed by atoms with Gasteiger partial charge in [0.1, 0.15) is 29.3 Å². The summed E-state index contributed by atoms with van der Waals surface area (Å²) in [6.07, 6.45) is 5.70. The topological polar surface area (TPSA) is 123 Å². The molecule has 5 aromatic rings. The second kappa shape index (κ2) is 11.8. The standard InChI is InChI=1S/C32H31N7O4/c1-20-7-6-14-38(20)29-11-5-10-28(37-29)36-26-16-23(18-39-30(26)33-19-34-39)21-8-4-9-22(15-21)31(40)35-24-12-13-25(32(41)43-3)27(17-24)42-2/h4-5,8-13,15-20H,6-7,14H2,1-3H3,(H,35,40)(H,36,37). The molecule has 0 radical (unpaired) electrons. The summed E-state index contributed by atoms with van der Waals surface area (Å²) in [6.45, 7) is 3.22. The number of carbonyl (C=O) groups excluding carboxylic acids is 2. The van der Waals surface area contributed by atoms with E-state index < -0.39 is 5.97 Å². The average Bonchev–Trinajstić information content (AvgIpc) is 3.70. The highest BCUT2D eigenvalue weighted by Gasteiger charge is 2.22. The van der Waals surface area contributed by atoms with Gasteiger partial charge in [-0.2, -0.15) is 5.10 Å². The Morgan fingerprint density at radius 2 is 1.86 bits per heavy atom. The molecule has 1 fully saturated rings. The number of aromatic nitrogens is 4. The molecular weight excluding hydrogens is 546 g/mol. The first-order valence-electron chi connectivity index (χ1n) is 14.0. The van der Waals surface area contributed by atoms with Crippen molar-refractivity contribution in [2.45, 2.75) is 25.8 Å². The first-order valence-corrected chi connectivity index (χ1v) is 14.0. The Morgan fingerprint density at radius 1 is 1.00 bits per heavy atom. The van der Waals surface area contributed by atoms with E-state index in [9.17, 15) is 9.59 Å². The van der Waals surface area contributed by atoms with Crippen LogP contribution in [0.3, 0.4) is 0 Å². The van der Waals surface area contributed by atoms with E-state index in [0.717, 1.165) is 42.0 Å². The molecule has 1 amide bonds. The lowest BCUT2D eigenvalue weighted by atomic mass is 10.0. The smallest absolute Gasteiger partial charge is 0.341 e. The average molecular weight is 578 g/mol. The van der Waals surface area contributed by atoms with Gasteiger partial charge in [0.05, 0.1) is 19.9 Å². The number of amides is 1. The zero-order valence-corrected chi connectivity index (χ0v) is 24.1. The van der Waals surface area contributed by atoms with Gasteiger partial charge in [-0.1, -0.05) is 18.2 Å². The predicted molar refractivity (Wildman–Crippen MR) is 164 cm³/mol. The van der Waals surface area contributed by atoms with E-state index in [2.05, 4.69) is 32.5 Å². The van der Waals surface area contributed by atoms with Crippen molar-refractivity contribution in [1.29, 1.82) is 0 Å². The molecule has 1 aliphatic heterocycles. The molecular formula is C32H31N7O4. The van der Waals surface area contributed by atoms with Gasteiger partial charge in [-0.3, -0.25) is 4.79 Å². The molecule has 1 aliphatic rings. The largest absolute Gasteiger partial charge is 0.496 e.